The number of fused-ring (bicyclic) bond motifs is 12. The number of hydrogen-bond donors (Lipinski definition) is 0. The van der Waals surface area contributed by atoms with Crippen LogP contribution in [-0.2, 0) is 5.41 Å². The normalized spacial score (nSPS) is 12.9. The Kier molecular flexibility index (Phi) is 7.48. The van der Waals surface area contributed by atoms with Crippen LogP contribution in [0.5, 0.6) is 0 Å². The Bertz CT molecular complexity index is 3050. The van der Waals surface area contributed by atoms with E-state index in [0.29, 0.717) is 0 Å². The van der Waals surface area contributed by atoms with Crippen LogP contribution < -0.4 is 4.90 Å². The molecule has 0 N–H and O–H groups in total. The van der Waals surface area contributed by atoms with Crippen molar-refractivity contribution in [3.63, 3.8) is 0 Å². The molecular weight excluding hydrogens is 715 g/mol. The highest BCUT2D eigenvalue weighted by Gasteiger charge is 2.54. The summed E-state index contributed by atoms with van der Waals surface area (Å²) in [6.45, 7) is 0. The van der Waals surface area contributed by atoms with Gasteiger partial charge in [-0.2, -0.15) is 0 Å². The molecule has 0 atom stereocenters. The fourth-order valence-corrected chi connectivity index (χ4v) is 9.89. The molecular formula is C57H37NO. The van der Waals surface area contributed by atoms with Gasteiger partial charge in [-0.1, -0.05) is 176 Å². The maximum atomic E-state index is 6.86. The van der Waals surface area contributed by atoms with Gasteiger partial charge in [-0.05, 0) is 110 Å². The van der Waals surface area contributed by atoms with E-state index in [2.05, 4.69) is 229 Å². The van der Waals surface area contributed by atoms with Crippen LogP contribution in [0, 0.1) is 0 Å². The topological polar surface area (TPSA) is 16.4 Å². The average molecular weight is 752 g/mol. The Balaban J connectivity index is 0.967. The maximum absolute atomic E-state index is 6.86. The molecule has 2 aliphatic rings. The van der Waals surface area contributed by atoms with Crippen molar-refractivity contribution >= 4 is 28.0 Å². The number of rotatable bonds is 6. The molecule has 2 aliphatic carbocycles. The zero-order valence-electron chi connectivity index (χ0n) is 32.2. The van der Waals surface area contributed by atoms with Gasteiger partial charge in [0.1, 0.15) is 11.3 Å². The Morgan fingerprint density at radius 1 is 0.322 bits per heavy atom. The molecule has 10 aromatic rings. The van der Waals surface area contributed by atoms with Gasteiger partial charge in [-0.3, -0.25) is 0 Å². The average Bonchev–Trinajstić information content (AvgIpc) is 3.94. The molecule has 0 fully saturated rings. The first-order valence-corrected chi connectivity index (χ1v) is 20.3. The third-order valence-electron chi connectivity index (χ3n) is 12.5. The molecule has 0 bridgehead atoms. The number of furan rings is 1. The molecule has 1 heterocycles. The van der Waals surface area contributed by atoms with Crippen molar-refractivity contribution in [3.05, 3.63) is 247 Å². The summed E-state index contributed by atoms with van der Waals surface area (Å²) in [5.74, 6) is 0.968. The second kappa shape index (κ2) is 13.2. The van der Waals surface area contributed by atoms with Crippen LogP contribution in [-0.4, -0.2) is 0 Å². The Labute approximate surface area is 343 Å². The number of hydrogen-bond acceptors (Lipinski definition) is 2. The van der Waals surface area contributed by atoms with E-state index >= 15 is 0 Å². The van der Waals surface area contributed by atoms with Crippen LogP contribution in [0.4, 0.5) is 17.1 Å². The van der Waals surface area contributed by atoms with Crippen LogP contribution in [0.3, 0.4) is 0 Å². The summed E-state index contributed by atoms with van der Waals surface area (Å²) in [6, 6.07) is 81.3. The number of para-hydroxylation sites is 1. The van der Waals surface area contributed by atoms with Crippen molar-refractivity contribution in [2.24, 2.45) is 0 Å². The molecule has 9 aromatic carbocycles. The first-order valence-electron chi connectivity index (χ1n) is 20.3. The second-order valence-corrected chi connectivity index (χ2v) is 15.6. The van der Waals surface area contributed by atoms with Gasteiger partial charge >= 0.3 is 0 Å². The van der Waals surface area contributed by atoms with E-state index in [0.717, 1.165) is 45.1 Å². The summed E-state index contributed by atoms with van der Waals surface area (Å²) in [4.78, 5) is 2.34. The molecule has 0 unspecified atom stereocenters. The summed E-state index contributed by atoms with van der Waals surface area (Å²) >= 11 is 0. The highest BCUT2D eigenvalue weighted by molar-refractivity contribution is 6.02. The largest absolute Gasteiger partial charge is 0.456 e. The van der Waals surface area contributed by atoms with Crippen LogP contribution >= 0.6 is 0 Å². The molecule has 0 aliphatic heterocycles. The predicted octanol–water partition coefficient (Wildman–Crippen LogP) is 15.2. The van der Waals surface area contributed by atoms with E-state index < -0.39 is 5.41 Å². The van der Waals surface area contributed by atoms with E-state index in [9.17, 15) is 0 Å². The van der Waals surface area contributed by atoms with Crippen molar-refractivity contribution < 1.29 is 4.42 Å². The summed E-state index contributed by atoms with van der Waals surface area (Å²) in [5.41, 5.74) is 19.8. The van der Waals surface area contributed by atoms with E-state index in [4.69, 9.17) is 4.42 Å². The summed E-state index contributed by atoms with van der Waals surface area (Å²) in [6.07, 6.45) is 0. The highest BCUT2D eigenvalue weighted by Crippen LogP contribution is 2.65. The fourth-order valence-electron chi connectivity index (χ4n) is 9.89. The molecule has 0 radical (unpaired) electrons. The van der Waals surface area contributed by atoms with Crippen LogP contribution in [0.25, 0.3) is 66.8 Å². The first kappa shape index (κ1) is 33.5. The third kappa shape index (κ3) is 5.06. The molecule has 59 heavy (non-hydrogen) atoms. The standard InChI is InChI=1S/C57H37NO/c1-3-13-38(14-4-1)40-23-30-44(31-24-40)58(45-32-25-41(26-33-45)39-15-5-2-6-16-39)46-34-27-42(28-35-46)43-29-36-53-50(37-43)56-55(49-19-9-12-22-54(49)59-56)57(53)51-20-10-7-17-47(51)48-18-8-11-21-52(48)57/h1-37H. The molecule has 1 aromatic heterocycles. The lowest BCUT2D eigenvalue weighted by molar-refractivity contribution is 0.628. The van der Waals surface area contributed by atoms with Gasteiger partial charge in [0.15, 0.2) is 0 Å². The molecule has 1 spiro atoms. The summed E-state index contributed by atoms with van der Waals surface area (Å²) < 4.78 is 6.86. The molecule has 2 heteroatoms. The maximum Gasteiger partial charge on any atom is 0.140 e. The monoisotopic (exact) mass is 751 g/mol. The molecule has 12 rings (SSSR count). The van der Waals surface area contributed by atoms with E-state index in [-0.39, 0.29) is 0 Å². The van der Waals surface area contributed by atoms with Gasteiger partial charge in [0.2, 0.25) is 0 Å². The molecule has 0 amide bonds. The van der Waals surface area contributed by atoms with Crippen molar-refractivity contribution in [2.75, 3.05) is 4.90 Å². The molecule has 276 valence electrons. The van der Waals surface area contributed by atoms with Gasteiger partial charge in [-0.15, -0.1) is 0 Å². The first-order chi connectivity index (χ1) is 29.3. The van der Waals surface area contributed by atoms with Gasteiger partial charge in [-0.25, -0.2) is 0 Å². The van der Waals surface area contributed by atoms with Gasteiger partial charge in [0.05, 0.1) is 5.41 Å². The lowest BCUT2D eigenvalue weighted by atomic mass is 9.70. The van der Waals surface area contributed by atoms with Crippen LogP contribution in [0.2, 0.25) is 0 Å². The summed E-state index contributed by atoms with van der Waals surface area (Å²) in [5, 5.41) is 1.17. The Hall–Kier alpha value is -7.68. The zero-order chi connectivity index (χ0) is 38.9. The fraction of sp³-hybridized carbons (Fsp3) is 0.0175. The van der Waals surface area contributed by atoms with E-state index in [1.807, 2.05) is 0 Å². The quantitative estimate of drug-likeness (QED) is 0.168. The number of anilines is 3. The smallest absolute Gasteiger partial charge is 0.140 e. The summed E-state index contributed by atoms with van der Waals surface area (Å²) in [7, 11) is 0. The van der Waals surface area contributed by atoms with Crippen LogP contribution in [0.15, 0.2) is 229 Å². The van der Waals surface area contributed by atoms with E-state index in [1.54, 1.807) is 0 Å². The van der Waals surface area contributed by atoms with Crippen molar-refractivity contribution in [3.8, 4) is 55.8 Å². The molecule has 0 saturated carbocycles. The van der Waals surface area contributed by atoms with Crippen molar-refractivity contribution in [2.45, 2.75) is 5.41 Å². The second-order valence-electron chi connectivity index (χ2n) is 15.6. The van der Waals surface area contributed by atoms with Crippen molar-refractivity contribution in [1.82, 2.24) is 0 Å². The number of nitrogens with zero attached hydrogens (tertiary/aromatic N) is 1. The van der Waals surface area contributed by atoms with Crippen molar-refractivity contribution in [1.29, 1.82) is 0 Å². The Morgan fingerprint density at radius 3 is 1.27 bits per heavy atom. The van der Waals surface area contributed by atoms with Crippen LogP contribution in [0.1, 0.15) is 22.3 Å². The highest BCUT2D eigenvalue weighted by atomic mass is 16.3. The lowest BCUT2D eigenvalue weighted by Gasteiger charge is -2.30. The zero-order valence-corrected chi connectivity index (χ0v) is 32.2. The minimum atomic E-state index is -0.459. The Morgan fingerprint density at radius 2 is 0.729 bits per heavy atom. The molecule has 2 nitrogen and oxygen atoms in total. The van der Waals surface area contributed by atoms with Gasteiger partial charge in [0.25, 0.3) is 0 Å². The van der Waals surface area contributed by atoms with Gasteiger partial charge < -0.3 is 9.32 Å². The minimum absolute atomic E-state index is 0.459. The lowest BCUT2D eigenvalue weighted by Crippen LogP contribution is -2.25. The molecule has 0 saturated heterocycles. The minimum Gasteiger partial charge on any atom is -0.456 e. The number of benzene rings is 9. The predicted molar refractivity (Wildman–Crippen MR) is 244 cm³/mol. The third-order valence-corrected chi connectivity index (χ3v) is 12.5. The van der Waals surface area contributed by atoms with Gasteiger partial charge in [0, 0.05) is 33.6 Å². The SMILES string of the molecule is c1ccc(-c2ccc(N(c3ccc(-c4ccccc4)cc3)c3ccc(-c4ccc5c(c4)-c4oc6ccccc6c4C54c5ccccc5-c5ccccc54)cc3)cc2)cc1. The van der Waals surface area contributed by atoms with E-state index in [1.165, 1.54) is 61.0 Å².